The molecular formula is C22H27N3O5. The quantitative estimate of drug-likeness (QED) is 0.454. The number of carbonyl (C=O) groups excluding carboxylic acids is 1. The number of pyridine rings is 1. The summed E-state index contributed by atoms with van der Waals surface area (Å²) in [7, 11) is 0. The molecule has 1 fully saturated rings. The van der Waals surface area contributed by atoms with Gasteiger partial charge in [0.1, 0.15) is 6.54 Å². The lowest BCUT2D eigenvalue weighted by Crippen LogP contribution is -2.37. The van der Waals surface area contributed by atoms with Gasteiger partial charge in [0.05, 0.1) is 19.8 Å². The van der Waals surface area contributed by atoms with E-state index in [4.69, 9.17) is 4.74 Å². The molecule has 0 amide bonds. The maximum Gasteiger partial charge on any atom is 0.213 e. The number of ether oxygens (including phenoxy) is 1. The number of Topliss-reactive ketones (excluding diaryl/α,β-unsaturated/α-hetero) is 1. The number of piperidine rings is 1. The third kappa shape index (κ3) is 5.91. The molecular weight excluding hydrogens is 386 g/mol. The Morgan fingerprint density at radius 1 is 1.20 bits per heavy atom. The summed E-state index contributed by atoms with van der Waals surface area (Å²) in [4.78, 5) is 28.3. The zero-order valence-corrected chi connectivity index (χ0v) is 16.9. The van der Waals surface area contributed by atoms with E-state index in [9.17, 15) is 19.9 Å². The Labute approximate surface area is 175 Å². The Morgan fingerprint density at radius 2 is 2.03 bits per heavy atom. The van der Waals surface area contributed by atoms with Gasteiger partial charge in [0, 0.05) is 36.8 Å². The molecule has 3 rings (SSSR count). The molecule has 1 unspecified atom stereocenters. The summed E-state index contributed by atoms with van der Waals surface area (Å²) in [5, 5.41) is 21.4. The normalized spacial score (nSPS) is 16.9. The molecule has 0 bridgehead atoms. The van der Waals surface area contributed by atoms with Crippen LogP contribution in [0, 0.1) is 10.8 Å². The lowest BCUT2D eigenvalue weighted by molar-refractivity contribution is 0.100. The molecule has 2 aromatic rings. The molecule has 1 atom stereocenters. The summed E-state index contributed by atoms with van der Waals surface area (Å²) >= 11 is 0. The van der Waals surface area contributed by atoms with E-state index >= 15 is 0 Å². The van der Waals surface area contributed by atoms with Crippen molar-refractivity contribution in [1.82, 2.24) is 9.88 Å². The second kappa shape index (κ2) is 10.9. The van der Waals surface area contributed by atoms with Crippen LogP contribution in [-0.4, -0.2) is 52.1 Å². The Balaban J connectivity index is 1.51. The van der Waals surface area contributed by atoms with Crippen molar-refractivity contribution in [1.29, 1.82) is 0 Å². The molecule has 160 valence electrons. The first-order valence-electron chi connectivity index (χ1n) is 10.1. The van der Waals surface area contributed by atoms with E-state index in [1.165, 1.54) is 6.20 Å². The molecule has 0 radical (unpaired) electrons. The Bertz CT molecular complexity index is 856. The SMILES string of the molecule is O=NCC(=O)c1ccc(OCC2CCCN(Cc3ccc(CO)c(CO)c3)C2)nc1. The minimum absolute atomic E-state index is 0.0730. The topological polar surface area (TPSA) is 112 Å². The average molecular weight is 413 g/mol. The molecule has 1 aromatic carbocycles. The number of aromatic nitrogens is 1. The molecule has 1 saturated heterocycles. The third-order valence-electron chi connectivity index (χ3n) is 5.35. The fourth-order valence-electron chi connectivity index (χ4n) is 3.75. The van der Waals surface area contributed by atoms with Crippen LogP contribution in [0.3, 0.4) is 0 Å². The Morgan fingerprint density at radius 3 is 2.73 bits per heavy atom. The van der Waals surface area contributed by atoms with Crippen molar-refractivity contribution in [2.45, 2.75) is 32.6 Å². The number of hydrogen-bond donors (Lipinski definition) is 2. The first-order chi connectivity index (χ1) is 14.6. The lowest BCUT2D eigenvalue weighted by Gasteiger charge is -2.32. The standard InChI is InChI=1S/C22H27N3O5/c26-13-19-4-3-16(8-20(19)14-27)11-25-7-1-2-17(12-25)15-30-22-6-5-18(9-23-22)21(28)10-24-29/h3-6,8-9,17,26-27H,1-2,7,10-15H2. The van der Waals surface area contributed by atoms with Crippen LogP contribution in [-0.2, 0) is 19.8 Å². The number of aliphatic hydroxyl groups excluding tert-OH is 2. The van der Waals surface area contributed by atoms with Crippen LogP contribution in [0.4, 0.5) is 0 Å². The van der Waals surface area contributed by atoms with E-state index in [0.29, 0.717) is 24.0 Å². The zero-order chi connectivity index (χ0) is 21.3. The van der Waals surface area contributed by atoms with Crippen molar-refractivity contribution in [2.75, 3.05) is 26.2 Å². The fourth-order valence-corrected chi connectivity index (χ4v) is 3.75. The molecule has 1 aromatic heterocycles. The van der Waals surface area contributed by atoms with Crippen LogP contribution in [0.2, 0.25) is 0 Å². The minimum atomic E-state index is -0.387. The molecule has 1 aliphatic rings. The van der Waals surface area contributed by atoms with E-state index in [1.807, 2.05) is 18.2 Å². The highest BCUT2D eigenvalue weighted by atomic mass is 16.5. The van der Waals surface area contributed by atoms with Crippen molar-refractivity contribution in [3.63, 3.8) is 0 Å². The number of nitroso groups, excluding NO2 is 1. The maximum atomic E-state index is 11.6. The van der Waals surface area contributed by atoms with Gasteiger partial charge in [-0.3, -0.25) is 9.69 Å². The molecule has 2 N–H and O–H groups in total. The van der Waals surface area contributed by atoms with Crippen LogP contribution in [0.1, 0.15) is 39.9 Å². The van der Waals surface area contributed by atoms with Gasteiger partial charge >= 0.3 is 0 Å². The number of likely N-dealkylation sites (tertiary alicyclic amines) is 1. The van der Waals surface area contributed by atoms with E-state index in [2.05, 4.69) is 15.1 Å². The summed E-state index contributed by atoms with van der Waals surface area (Å²) in [6.45, 7) is 2.69. The molecule has 2 heterocycles. The van der Waals surface area contributed by atoms with Crippen molar-refractivity contribution < 1.29 is 19.7 Å². The smallest absolute Gasteiger partial charge is 0.213 e. The van der Waals surface area contributed by atoms with E-state index in [1.54, 1.807) is 12.1 Å². The summed E-state index contributed by atoms with van der Waals surface area (Å²) in [5.74, 6) is 0.466. The summed E-state index contributed by atoms with van der Waals surface area (Å²) in [5.41, 5.74) is 2.99. The predicted octanol–water partition coefficient (Wildman–Crippen LogP) is 2.31. The second-order valence-corrected chi connectivity index (χ2v) is 7.57. The highest BCUT2D eigenvalue weighted by Gasteiger charge is 2.21. The van der Waals surface area contributed by atoms with Gasteiger partial charge in [0.2, 0.25) is 5.88 Å². The summed E-state index contributed by atoms with van der Waals surface area (Å²) in [6.07, 6.45) is 3.56. The van der Waals surface area contributed by atoms with Crippen molar-refractivity contribution in [3.05, 3.63) is 63.7 Å². The van der Waals surface area contributed by atoms with Gasteiger partial charge in [-0.05, 0) is 42.1 Å². The summed E-state index contributed by atoms with van der Waals surface area (Å²) in [6, 6.07) is 9.06. The van der Waals surface area contributed by atoms with Gasteiger partial charge in [0.25, 0.3) is 0 Å². The molecule has 8 nitrogen and oxygen atoms in total. The zero-order valence-electron chi connectivity index (χ0n) is 16.9. The van der Waals surface area contributed by atoms with Gasteiger partial charge in [0.15, 0.2) is 5.78 Å². The van der Waals surface area contributed by atoms with Gasteiger partial charge in [-0.1, -0.05) is 23.4 Å². The van der Waals surface area contributed by atoms with Gasteiger partial charge < -0.3 is 14.9 Å². The minimum Gasteiger partial charge on any atom is -0.477 e. The van der Waals surface area contributed by atoms with E-state index in [-0.39, 0.29) is 25.5 Å². The molecule has 1 aliphatic heterocycles. The first-order valence-corrected chi connectivity index (χ1v) is 10.1. The number of hydrogen-bond acceptors (Lipinski definition) is 8. The highest BCUT2D eigenvalue weighted by Crippen LogP contribution is 2.21. The Hall–Kier alpha value is -2.68. The van der Waals surface area contributed by atoms with Crippen LogP contribution < -0.4 is 4.74 Å². The van der Waals surface area contributed by atoms with E-state index in [0.717, 1.165) is 49.2 Å². The monoisotopic (exact) mass is 413 g/mol. The molecule has 0 aliphatic carbocycles. The molecule has 30 heavy (non-hydrogen) atoms. The lowest BCUT2D eigenvalue weighted by atomic mass is 9.98. The summed E-state index contributed by atoms with van der Waals surface area (Å²) < 4.78 is 5.81. The van der Waals surface area contributed by atoms with Crippen LogP contribution >= 0.6 is 0 Å². The van der Waals surface area contributed by atoms with Crippen molar-refractivity contribution in [3.8, 4) is 5.88 Å². The van der Waals surface area contributed by atoms with Crippen LogP contribution in [0.15, 0.2) is 41.7 Å². The number of benzene rings is 1. The van der Waals surface area contributed by atoms with E-state index < -0.39 is 0 Å². The number of carbonyl (C=O) groups is 1. The number of ketones is 1. The van der Waals surface area contributed by atoms with Crippen molar-refractivity contribution in [2.24, 2.45) is 11.1 Å². The third-order valence-corrected chi connectivity index (χ3v) is 5.35. The van der Waals surface area contributed by atoms with Gasteiger partial charge in [-0.15, -0.1) is 0 Å². The van der Waals surface area contributed by atoms with Gasteiger partial charge in [-0.25, -0.2) is 4.98 Å². The van der Waals surface area contributed by atoms with Crippen LogP contribution in [0.5, 0.6) is 5.88 Å². The number of rotatable bonds is 10. The highest BCUT2D eigenvalue weighted by molar-refractivity contribution is 5.97. The first kappa shape index (κ1) is 22.0. The number of aliphatic hydroxyl groups is 2. The number of nitrogens with zero attached hydrogens (tertiary/aromatic N) is 3. The predicted molar refractivity (Wildman–Crippen MR) is 111 cm³/mol. The average Bonchev–Trinajstić information content (AvgIpc) is 2.78. The molecule has 0 spiro atoms. The Kier molecular flexibility index (Phi) is 8.01. The van der Waals surface area contributed by atoms with Crippen LogP contribution in [0.25, 0.3) is 0 Å². The maximum absolute atomic E-state index is 11.6. The fraction of sp³-hybridized carbons (Fsp3) is 0.455. The second-order valence-electron chi connectivity index (χ2n) is 7.57. The largest absolute Gasteiger partial charge is 0.477 e. The van der Waals surface area contributed by atoms with Crippen molar-refractivity contribution >= 4 is 5.78 Å². The van der Waals surface area contributed by atoms with Gasteiger partial charge in [-0.2, -0.15) is 4.91 Å². The molecule has 0 saturated carbocycles. The molecule has 8 heteroatoms.